The maximum atomic E-state index is 13.3. The van der Waals surface area contributed by atoms with E-state index in [1.165, 1.54) is 0 Å². The van der Waals surface area contributed by atoms with Gasteiger partial charge < -0.3 is 15.2 Å². The first kappa shape index (κ1) is 20.9. The van der Waals surface area contributed by atoms with Gasteiger partial charge in [-0.2, -0.15) is 0 Å². The van der Waals surface area contributed by atoms with E-state index in [0.29, 0.717) is 6.42 Å². The minimum absolute atomic E-state index is 0.0467. The number of benzene rings is 3. The lowest BCUT2D eigenvalue weighted by Gasteiger charge is -2.28. The smallest absolute Gasteiger partial charge is 0.225 e. The molecule has 0 radical (unpaired) electrons. The second-order valence-electron chi connectivity index (χ2n) is 8.03. The van der Waals surface area contributed by atoms with Crippen molar-refractivity contribution in [2.75, 3.05) is 11.9 Å². The summed E-state index contributed by atoms with van der Waals surface area (Å²) in [6.45, 7) is 4.17. The molecule has 0 unspecified atom stereocenters. The molecule has 3 aromatic rings. The van der Waals surface area contributed by atoms with Gasteiger partial charge in [-0.1, -0.05) is 80.6 Å². The zero-order valence-corrected chi connectivity index (χ0v) is 17.8. The maximum absolute atomic E-state index is 13.3. The predicted octanol–water partition coefficient (Wildman–Crippen LogP) is 6.08. The van der Waals surface area contributed by atoms with Gasteiger partial charge in [0.2, 0.25) is 5.91 Å². The zero-order chi connectivity index (χ0) is 21.8. The molecule has 4 nitrogen and oxygen atoms in total. The fraction of sp³-hybridized carbons (Fsp3) is 0.222. The number of carbonyl (C=O) groups excluding carboxylic acids is 1. The quantitative estimate of drug-likeness (QED) is 0.515. The Bertz CT molecular complexity index is 1070. The lowest BCUT2D eigenvalue weighted by molar-refractivity contribution is -0.116. The summed E-state index contributed by atoms with van der Waals surface area (Å²) in [5, 5.41) is 12.4. The van der Waals surface area contributed by atoms with Crippen LogP contribution in [-0.4, -0.2) is 17.6 Å². The maximum Gasteiger partial charge on any atom is 0.225 e. The van der Waals surface area contributed by atoms with Gasteiger partial charge in [0, 0.05) is 23.5 Å². The topological polar surface area (TPSA) is 58.6 Å². The highest BCUT2D eigenvalue weighted by Crippen LogP contribution is 2.45. The monoisotopic (exact) mass is 413 g/mol. The fourth-order valence-electron chi connectivity index (χ4n) is 4.14. The standard InChI is InChI=1S/C27H27NO3/c1-18(2)20-13-7-9-19(10-8-16-29)27(20)28-26(30)17-23-21-11-3-5-14-24(21)31-25-15-6-4-12-22(23)25/h3-15,18,23,29H,16-17H2,1-2H3,(H,28,30). The Hall–Kier alpha value is -3.37. The third-order valence-corrected chi connectivity index (χ3v) is 5.62. The van der Waals surface area contributed by atoms with Crippen molar-refractivity contribution in [2.24, 2.45) is 0 Å². The first-order chi connectivity index (χ1) is 15.1. The summed E-state index contributed by atoms with van der Waals surface area (Å²) >= 11 is 0. The Kier molecular flexibility index (Phi) is 6.19. The van der Waals surface area contributed by atoms with E-state index in [9.17, 15) is 9.90 Å². The van der Waals surface area contributed by atoms with Crippen molar-refractivity contribution in [3.63, 3.8) is 0 Å². The van der Waals surface area contributed by atoms with Gasteiger partial charge in [-0.05, 0) is 29.2 Å². The van der Waals surface area contributed by atoms with E-state index in [1.807, 2.05) is 72.8 Å². The van der Waals surface area contributed by atoms with Gasteiger partial charge in [0.15, 0.2) is 0 Å². The van der Waals surface area contributed by atoms with Crippen molar-refractivity contribution in [3.05, 3.63) is 95.1 Å². The molecule has 1 aliphatic rings. The first-order valence-corrected chi connectivity index (χ1v) is 10.6. The van der Waals surface area contributed by atoms with Crippen molar-refractivity contribution in [1.82, 2.24) is 0 Å². The highest BCUT2D eigenvalue weighted by atomic mass is 16.5. The van der Waals surface area contributed by atoms with Crippen molar-refractivity contribution < 1.29 is 14.6 Å². The minimum Gasteiger partial charge on any atom is -0.457 e. The van der Waals surface area contributed by atoms with Crippen LogP contribution in [-0.2, 0) is 4.79 Å². The van der Waals surface area contributed by atoms with E-state index in [1.54, 1.807) is 6.08 Å². The highest BCUT2D eigenvalue weighted by molar-refractivity contribution is 5.95. The van der Waals surface area contributed by atoms with E-state index in [4.69, 9.17) is 4.74 Å². The number of amides is 1. The lowest BCUT2D eigenvalue weighted by atomic mass is 9.85. The van der Waals surface area contributed by atoms with Gasteiger partial charge in [0.25, 0.3) is 0 Å². The number of carbonyl (C=O) groups is 1. The number of fused-ring (bicyclic) bond motifs is 2. The van der Waals surface area contributed by atoms with E-state index >= 15 is 0 Å². The molecule has 1 amide bonds. The molecule has 1 heterocycles. The average molecular weight is 414 g/mol. The van der Waals surface area contributed by atoms with Gasteiger partial charge in [0.1, 0.15) is 11.5 Å². The molecule has 2 N–H and O–H groups in total. The Balaban J connectivity index is 1.66. The molecule has 0 bridgehead atoms. The zero-order valence-electron chi connectivity index (χ0n) is 17.8. The molecule has 0 aromatic heterocycles. The second kappa shape index (κ2) is 9.19. The van der Waals surface area contributed by atoms with E-state index in [-0.39, 0.29) is 24.3 Å². The molecule has 1 aliphatic heterocycles. The summed E-state index contributed by atoms with van der Waals surface area (Å²) in [5.74, 6) is 1.72. The second-order valence-corrected chi connectivity index (χ2v) is 8.03. The van der Waals surface area contributed by atoms with E-state index in [2.05, 4.69) is 19.2 Å². The third kappa shape index (κ3) is 4.39. The number of hydrogen-bond donors (Lipinski definition) is 2. The van der Waals surface area contributed by atoms with Crippen LogP contribution >= 0.6 is 0 Å². The van der Waals surface area contributed by atoms with Gasteiger partial charge >= 0.3 is 0 Å². The van der Waals surface area contributed by atoms with Crippen LogP contribution < -0.4 is 10.1 Å². The van der Waals surface area contributed by atoms with Crippen LogP contribution in [0.3, 0.4) is 0 Å². The Morgan fingerprint density at radius 1 is 1.00 bits per heavy atom. The third-order valence-electron chi connectivity index (χ3n) is 5.62. The van der Waals surface area contributed by atoms with E-state index < -0.39 is 0 Å². The summed E-state index contributed by atoms with van der Waals surface area (Å²) in [4.78, 5) is 13.3. The number of rotatable bonds is 6. The number of anilines is 1. The van der Waals surface area contributed by atoms with Crippen LogP contribution in [0.5, 0.6) is 11.5 Å². The van der Waals surface area contributed by atoms with Crippen LogP contribution in [0.4, 0.5) is 5.69 Å². The largest absolute Gasteiger partial charge is 0.457 e. The normalized spacial score (nSPS) is 13.0. The fourth-order valence-corrected chi connectivity index (χ4v) is 4.14. The lowest BCUT2D eigenvalue weighted by Crippen LogP contribution is -2.20. The van der Waals surface area contributed by atoms with Gasteiger partial charge in [-0.25, -0.2) is 0 Å². The van der Waals surface area contributed by atoms with Gasteiger partial charge in [0.05, 0.1) is 12.3 Å². The van der Waals surface area contributed by atoms with Crippen LogP contribution in [0.25, 0.3) is 6.08 Å². The molecule has 4 rings (SSSR count). The van der Waals surface area contributed by atoms with Crippen LogP contribution in [0, 0.1) is 0 Å². The SMILES string of the molecule is CC(C)c1cccc(C=CCO)c1NC(=O)CC1c2ccccc2Oc2ccccc21. The molecular formula is C27H27NO3. The van der Waals surface area contributed by atoms with Crippen molar-refractivity contribution in [2.45, 2.75) is 32.1 Å². The summed E-state index contributed by atoms with van der Waals surface area (Å²) < 4.78 is 6.06. The molecule has 0 fully saturated rings. The molecule has 0 atom stereocenters. The van der Waals surface area contributed by atoms with Crippen molar-refractivity contribution in [1.29, 1.82) is 0 Å². The molecule has 158 valence electrons. The first-order valence-electron chi connectivity index (χ1n) is 10.6. The van der Waals surface area contributed by atoms with Gasteiger partial charge in [-0.15, -0.1) is 0 Å². The Labute approximate surface area is 183 Å². The number of aliphatic hydroxyl groups is 1. The average Bonchev–Trinajstić information content (AvgIpc) is 2.78. The number of para-hydroxylation sites is 3. The molecule has 3 aromatic carbocycles. The van der Waals surface area contributed by atoms with Crippen molar-refractivity contribution >= 4 is 17.7 Å². The molecule has 0 spiro atoms. The van der Waals surface area contributed by atoms with Crippen LogP contribution in [0.15, 0.2) is 72.8 Å². The predicted molar refractivity (Wildman–Crippen MR) is 125 cm³/mol. The van der Waals surface area contributed by atoms with Crippen LogP contribution in [0.1, 0.15) is 54.4 Å². The number of hydrogen-bond acceptors (Lipinski definition) is 3. The molecule has 0 saturated carbocycles. The van der Waals surface area contributed by atoms with Gasteiger partial charge in [-0.3, -0.25) is 4.79 Å². The highest BCUT2D eigenvalue weighted by Gasteiger charge is 2.29. The molecule has 4 heteroatoms. The number of aliphatic hydroxyl groups excluding tert-OH is 1. The molecule has 0 saturated heterocycles. The molecule has 31 heavy (non-hydrogen) atoms. The summed E-state index contributed by atoms with van der Waals surface area (Å²) in [6.07, 6.45) is 3.84. The molecule has 0 aliphatic carbocycles. The minimum atomic E-state index is -0.0798. The molecular weight excluding hydrogens is 386 g/mol. The number of ether oxygens (including phenoxy) is 1. The van der Waals surface area contributed by atoms with Crippen molar-refractivity contribution in [3.8, 4) is 11.5 Å². The summed E-state index contributed by atoms with van der Waals surface area (Å²) in [5.41, 5.74) is 4.81. The summed E-state index contributed by atoms with van der Waals surface area (Å²) in [6, 6.07) is 21.8. The van der Waals surface area contributed by atoms with Crippen LogP contribution in [0.2, 0.25) is 0 Å². The summed E-state index contributed by atoms with van der Waals surface area (Å²) in [7, 11) is 0. The number of nitrogens with one attached hydrogen (secondary N) is 1. The Morgan fingerprint density at radius 2 is 1.65 bits per heavy atom. The van der Waals surface area contributed by atoms with E-state index in [0.717, 1.165) is 39.4 Å². The Morgan fingerprint density at radius 3 is 2.26 bits per heavy atom.